The van der Waals surface area contributed by atoms with Crippen LogP contribution in [0.25, 0.3) is 0 Å². The van der Waals surface area contributed by atoms with E-state index in [1.165, 1.54) is 32.1 Å². The van der Waals surface area contributed by atoms with E-state index in [1.807, 2.05) is 25.1 Å². The number of para-hydroxylation sites is 2. The number of hydrogen-bond donors (Lipinski definition) is 1. The number of hydrogen-bond acceptors (Lipinski definition) is 4. The van der Waals surface area contributed by atoms with Crippen molar-refractivity contribution >= 4 is 11.6 Å². The lowest BCUT2D eigenvalue weighted by Crippen LogP contribution is -2.54. The number of nitrogens with zero attached hydrogens (tertiary/aromatic N) is 2. The van der Waals surface area contributed by atoms with E-state index < -0.39 is 0 Å². The SMILES string of the molecule is COc1ccccc1N1CCN(C(C)C(=O)NCC2CCCCC2)CC1. The minimum atomic E-state index is -0.0570. The number of nitrogens with one attached hydrogen (secondary N) is 1. The second-order valence-corrected chi connectivity index (χ2v) is 7.62. The molecule has 0 radical (unpaired) electrons. The first kappa shape index (κ1) is 19.0. The quantitative estimate of drug-likeness (QED) is 0.848. The number of carbonyl (C=O) groups is 1. The van der Waals surface area contributed by atoms with Gasteiger partial charge in [0.2, 0.25) is 5.91 Å². The van der Waals surface area contributed by atoms with Gasteiger partial charge in [-0.05, 0) is 37.8 Å². The number of carbonyl (C=O) groups excluding carboxylic acids is 1. The van der Waals surface area contributed by atoms with Crippen molar-refractivity contribution < 1.29 is 9.53 Å². The van der Waals surface area contributed by atoms with E-state index in [-0.39, 0.29) is 11.9 Å². The molecule has 0 bridgehead atoms. The number of rotatable bonds is 6. The summed E-state index contributed by atoms with van der Waals surface area (Å²) < 4.78 is 5.48. The molecule has 2 fully saturated rings. The van der Waals surface area contributed by atoms with E-state index >= 15 is 0 Å². The van der Waals surface area contributed by atoms with Gasteiger partial charge < -0.3 is 15.0 Å². The van der Waals surface area contributed by atoms with Gasteiger partial charge in [-0.15, -0.1) is 0 Å². The zero-order valence-corrected chi connectivity index (χ0v) is 16.2. The second-order valence-electron chi connectivity index (χ2n) is 7.62. The van der Waals surface area contributed by atoms with Crippen LogP contribution in [-0.2, 0) is 4.79 Å². The van der Waals surface area contributed by atoms with Crippen molar-refractivity contribution in [3.63, 3.8) is 0 Å². The highest BCUT2D eigenvalue weighted by Crippen LogP contribution is 2.28. The molecule has 1 heterocycles. The maximum absolute atomic E-state index is 12.6. The third kappa shape index (κ3) is 4.70. The third-order valence-corrected chi connectivity index (χ3v) is 5.96. The van der Waals surface area contributed by atoms with Crippen molar-refractivity contribution in [3.05, 3.63) is 24.3 Å². The molecule has 1 aromatic rings. The van der Waals surface area contributed by atoms with Crippen LogP contribution in [0.4, 0.5) is 5.69 Å². The highest BCUT2D eigenvalue weighted by atomic mass is 16.5. The van der Waals surface area contributed by atoms with Gasteiger partial charge in [0.25, 0.3) is 0 Å². The van der Waals surface area contributed by atoms with Gasteiger partial charge >= 0.3 is 0 Å². The van der Waals surface area contributed by atoms with E-state index in [0.29, 0.717) is 5.92 Å². The number of ether oxygens (including phenoxy) is 1. The fourth-order valence-electron chi connectivity index (χ4n) is 4.19. The molecule has 0 aromatic heterocycles. The molecule has 1 unspecified atom stereocenters. The summed E-state index contributed by atoms with van der Waals surface area (Å²) in [5.41, 5.74) is 1.14. The Morgan fingerprint density at radius 1 is 1.15 bits per heavy atom. The maximum atomic E-state index is 12.6. The highest BCUT2D eigenvalue weighted by Gasteiger charge is 2.27. The summed E-state index contributed by atoms with van der Waals surface area (Å²) in [6, 6.07) is 8.10. The summed E-state index contributed by atoms with van der Waals surface area (Å²) in [5.74, 6) is 1.78. The van der Waals surface area contributed by atoms with Crippen LogP contribution in [0, 0.1) is 5.92 Å². The van der Waals surface area contributed by atoms with E-state index in [2.05, 4.69) is 21.2 Å². The van der Waals surface area contributed by atoms with Gasteiger partial charge in [-0.2, -0.15) is 0 Å². The number of benzene rings is 1. The zero-order chi connectivity index (χ0) is 18.4. The average molecular weight is 360 g/mol. The van der Waals surface area contributed by atoms with Crippen molar-refractivity contribution in [1.29, 1.82) is 0 Å². The van der Waals surface area contributed by atoms with Gasteiger partial charge in [0.05, 0.1) is 18.8 Å². The molecule has 2 aliphatic rings. The Kier molecular flexibility index (Phi) is 6.78. The van der Waals surface area contributed by atoms with Gasteiger partial charge in [-0.1, -0.05) is 31.4 Å². The number of amides is 1. The molecule has 1 aliphatic carbocycles. The Morgan fingerprint density at radius 2 is 1.85 bits per heavy atom. The molecule has 1 aliphatic heterocycles. The van der Waals surface area contributed by atoms with Gasteiger partial charge in [0.1, 0.15) is 5.75 Å². The first-order valence-corrected chi connectivity index (χ1v) is 10.1. The predicted molar refractivity (Wildman–Crippen MR) is 106 cm³/mol. The predicted octanol–water partition coefficient (Wildman–Crippen LogP) is 2.90. The van der Waals surface area contributed by atoms with Crippen molar-refractivity contribution in [2.24, 2.45) is 5.92 Å². The second kappa shape index (κ2) is 9.26. The summed E-state index contributed by atoms with van der Waals surface area (Å²) in [6.45, 7) is 6.52. The molecule has 5 nitrogen and oxygen atoms in total. The smallest absolute Gasteiger partial charge is 0.237 e. The van der Waals surface area contributed by atoms with E-state index in [9.17, 15) is 4.79 Å². The first-order chi connectivity index (χ1) is 12.7. The monoisotopic (exact) mass is 359 g/mol. The van der Waals surface area contributed by atoms with Crippen LogP contribution in [-0.4, -0.2) is 56.7 Å². The molecule has 1 amide bonds. The summed E-state index contributed by atoms with van der Waals surface area (Å²) in [7, 11) is 1.72. The minimum absolute atomic E-state index is 0.0570. The molecule has 0 spiro atoms. The van der Waals surface area contributed by atoms with E-state index in [1.54, 1.807) is 7.11 Å². The Morgan fingerprint density at radius 3 is 2.54 bits per heavy atom. The molecule has 1 N–H and O–H groups in total. The van der Waals surface area contributed by atoms with Crippen molar-refractivity contribution in [2.45, 2.75) is 45.1 Å². The van der Waals surface area contributed by atoms with Gasteiger partial charge in [-0.3, -0.25) is 9.69 Å². The fraction of sp³-hybridized carbons (Fsp3) is 0.667. The summed E-state index contributed by atoms with van der Waals surface area (Å²) >= 11 is 0. The Bertz CT molecular complexity index is 578. The lowest BCUT2D eigenvalue weighted by molar-refractivity contribution is -0.126. The van der Waals surface area contributed by atoms with Crippen molar-refractivity contribution in [3.8, 4) is 5.75 Å². The lowest BCUT2D eigenvalue weighted by atomic mass is 9.89. The topological polar surface area (TPSA) is 44.8 Å². The minimum Gasteiger partial charge on any atom is -0.495 e. The van der Waals surface area contributed by atoms with Crippen LogP contribution >= 0.6 is 0 Å². The highest BCUT2D eigenvalue weighted by molar-refractivity contribution is 5.81. The Balaban J connectivity index is 1.46. The van der Waals surface area contributed by atoms with Gasteiger partial charge in [-0.25, -0.2) is 0 Å². The molecule has 3 rings (SSSR count). The summed E-state index contributed by atoms with van der Waals surface area (Å²) in [4.78, 5) is 17.2. The standard InChI is InChI=1S/C21H33N3O2/c1-17(21(25)22-16-18-8-4-3-5-9-18)23-12-14-24(15-13-23)19-10-6-7-11-20(19)26-2/h6-7,10-11,17-18H,3-5,8-9,12-16H2,1-2H3,(H,22,25). The van der Waals surface area contributed by atoms with Crippen molar-refractivity contribution in [2.75, 3.05) is 44.7 Å². The summed E-state index contributed by atoms with van der Waals surface area (Å²) in [5, 5.41) is 3.20. The van der Waals surface area contributed by atoms with Gasteiger partial charge in [0, 0.05) is 32.7 Å². The molecular weight excluding hydrogens is 326 g/mol. The van der Waals surface area contributed by atoms with Crippen LogP contribution in [0.3, 0.4) is 0 Å². The number of anilines is 1. The number of methoxy groups -OCH3 is 1. The lowest BCUT2D eigenvalue weighted by Gasteiger charge is -2.39. The first-order valence-electron chi connectivity index (χ1n) is 10.1. The van der Waals surface area contributed by atoms with Crippen LogP contribution < -0.4 is 15.0 Å². The molecule has 1 saturated carbocycles. The molecule has 1 aromatic carbocycles. The normalized spacial score (nSPS) is 20.6. The van der Waals surface area contributed by atoms with Crippen LogP contribution in [0.1, 0.15) is 39.0 Å². The summed E-state index contributed by atoms with van der Waals surface area (Å²) in [6.07, 6.45) is 6.54. The molecular formula is C21H33N3O2. The zero-order valence-electron chi connectivity index (χ0n) is 16.2. The van der Waals surface area contributed by atoms with Crippen LogP contribution in [0.5, 0.6) is 5.75 Å². The Labute approximate surface area is 157 Å². The molecule has 1 saturated heterocycles. The third-order valence-electron chi connectivity index (χ3n) is 5.96. The average Bonchev–Trinajstić information content (AvgIpc) is 2.72. The van der Waals surface area contributed by atoms with Crippen molar-refractivity contribution in [1.82, 2.24) is 10.2 Å². The fourth-order valence-corrected chi connectivity index (χ4v) is 4.19. The van der Waals surface area contributed by atoms with Gasteiger partial charge in [0.15, 0.2) is 0 Å². The Hall–Kier alpha value is -1.75. The van der Waals surface area contributed by atoms with E-state index in [4.69, 9.17) is 4.74 Å². The molecule has 26 heavy (non-hydrogen) atoms. The largest absolute Gasteiger partial charge is 0.495 e. The molecule has 5 heteroatoms. The molecule has 144 valence electrons. The number of piperazine rings is 1. The molecule has 1 atom stereocenters. The van der Waals surface area contributed by atoms with E-state index in [0.717, 1.165) is 44.2 Å². The maximum Gasteiger partial charge on any atom is 0.237 e. The van der Waals surface area contributed by atoms with Crippen LogP contribution in [0.15, 0.2) is 24.3 Å². The van der Waals surface area contributed by atoms with Crippen LogP contribution in [0.2, 0.25) is 0 Å².